The smallest absolute Gasteiger partial charge is 0.319 e. The van der Waals surface area contributed by atoms with Gasteiger partial charge >= 0.3 is 6.03 Å². The molecule has 3 amide bonds. The average Bonchev–Trinajstić information content (AvgIpc) is 2.64. The van der Waals surface area contributed by atoms with Crippen molar-refractivity contribution < 1.29 is 9.59 Å². The predicted octanol–water partition coefficient (Wildman–Crippen LogP) is 4.19. The van der Waals surface area contributed by atoms with Gasteiger partial charge in [-0.05, 0) is 35.3 Å². The second kappa shape index (κ2) is 8.97. The van der Waals surface area contributed by atoms with E-state index in [0.717, 1.165) is 18.4 Å². The molecule has 2 rings (SSSR count). The molecule has 28 heavy (non-hydrogen) atoms. The molecule has 5 heteroatoms. The maximum absolute atomic E-state index is 12.9. The number of hydrogen-bond donors (Lipinski definition) is 1. The molecule has 156 valence electrons. The quantitative estimate of drug-likeness (QED) is 0.842. The fourth-order valence-corrected chi connectivity index (χ4v) is 3.71. The summed E-state index contributed by atoms with van der Waals surface area (Å²) in [7, 11) is 3.53. The third kappa shape index (κ3) is 5.49. The van der Waals surface area contributed by atoms with E-state index in [1.54, 1.807) is 19.0 Å². The van der Waals surface area contributed by atoms with E-state index in [2.05, 4.69) is 64.2 Å². The van der Waals surface area contributed by atoms with Crippen molar-refractivity contribution in [1.29, 1.82) is 0 Å². The van der Waals surface area contributed by atoms with Crippen molar-refractivity contribution >= 4 is 11.9 Å². The molecule has 0 bridgehead atoms. The summed E-state index contributed by atoms with van der Waals surface area (Å²) in [5, 5.41) is 3.27. The molecule has 0 aliphatic carbocycles. The Kier molecular flexibility index (Phi) is 7.13. The maximum atomic E-state index is 12.9. The van der Waals surface area contributed by atoms with Gasteiger partial charge in [-0.25, -0.2) is 4.79 Å². The molecule has 1 atom stereocenters. The summed E-state index contributed by atoms with van der Waals surface area (Å²) >= 11 is 0. The number of urea groups is 1. The third-order valence-electron chi connectivity index (χ3n) is 5.62. The van der Waals surface area contributed by atoms with Crippen molar-refractivity contribution in [3.63, 3.8) is 0 Å². The van der Waals surface area contributed by atoms with Gasteiger partial charge in [-0.15, -0.1) is 0 Å². The van der Waals surface area contributed by atoms with Crippen LogP contribution in [0.5, 0.6) is 0 Å². The van der Waals surface area contributed by atoms with Crippen LogP contribution in [0.3, 0.4) is 0 Å². The van der Waals surface area contributed by atoms with Gasteiger partial charge in [0.15, 0.2) is 0 Å². The minimum Gasteiger partial charge on any atom is -0.349 e. The molecule has 0 radical (unpaired) electrons. The van der Waals surface area contributed by atoms with Gasteiger partial charge < -0.3 is 15.1 Å². The molecule has 1 aliphatic heterocycles. The van der Waals surface area contributed by atoms with E-state index < -0.39 is 0 Å². The fraction of sp³-hybridized carbons (Fsp3) is 0.652. The molecule has 0 spiro atoms. The summed E-state index contributed by atoms with van der Waals surface area (Å²) in [4.78, 5) is 28.4. The van der Waals surface area contributed by atoms with Gasteiger partial charge in [-0.1, -0.05) is 58.9 Å². The summed E-state index contributed by atoms with van der Waals surface area (Å²) in [6, 6.07) is 8.65. The number of hydrogen-bond acceptors (Lipinski definition) is 2. The van der Waals surface area contributed by atoms with Crippen molar-refractivity contribution in [2.24, 2.45) is 11.8 Å². The van der Waals surface area contributed by atoms with Crippen molar-refractivity contribution in [2.45, 2.75) is 58.9 Å². The normalized spacial score (nSPS) is 16.8. The van der Waals surface area contributed by atoms with Gasteiger partial charge in [0.2, 0.25) is 5.91 Å². The molecular weight excluding hydrogens is 350 g/mol. The molecule has 1 aliphatic rings. The van der Waals surface area contributed by atoms with Gasteiger partial charge in [0.05, 0.1) is 6.04 Å². The number of likely N-dealkylation sites (tertiary alicyclic amines) is 1. The molecule has 1 unspecified atom stereocenters. The van der Waals surface area contributed by atoms with Crippen LogP contribution in [0.4, 0.5) is 4.79 Å². The molecule has 0 saturated carbocycles. The van der Waals surface area contributed by atoms with Crippen molar-refractivity contribution in [1.82, 2.24) is 15.1 Å². The van der Waals surface area contributed by atoms with Crippen LogP contribution < -0.4 is 5.32 Å². The van der Waals surface area contributed by atoms with Crippen LogP contribution in [0.1, 0.15) is 64.6 Å². The highest BCUT2D eigenvalue weighted by Gasteiger charge is 2.30. The minimum absolute atomic E-state index is 0.00274. The highest BCUT2D eigenvalue weighted by Crippen LogP contribution is 2.28. The summed E-state index contributed by atoms with van der Waals surface area (Å²) < 4.78 is 0. The van der Waals surface area contributed by atoms with Gasteiger partial charge in [0.25, 0.3) is 0 Å². The van der Waals surface area contributed by atoms with Gasteiger partial charge in [-0.3, -0.25) is 4.79 Å². The second-order valence-electron chi connectivity index (χ2n) is 9.54. The van der Waals surface area contributed by atoms with Crippen molar-refractivity contribution in [2.75, 3.05) is 27.2 Å². The lowest BCUT2D eigenvalue weighted by Crippen LogP contribution is -2.47. The van der Waals surface area contributed by atoms with Crippen LogP contribution in [-0.2, 0) is 10.2 Å². The van der Waals surface area contributed by atoms with E-state index in [1.807, 2.05) is 4.90 Å². The molecule has 1 aromatic carbocycles. The number of nitrogens with zero attached hydrogens (tertiary/aromatic N) is 2. The second-order valence-corrected chi connectivity index (χ2v) is 9.54. The van der Waals surface area contributed by atoms with E-state index in [0.29, 0.717) is 19.0 Å². The first-order chi connectivity index (χ1) is 13.0. The van der Waals surface area contributed by atoms with E-state index in [-0.39, 0.29) is 29.3 Å². The molecule has 0 aromatic heterocycles. The van der Waals surface area contributed by atoms with E-state index in [9.17, 15) is 9.59 Å². The highest BCUT2D eigenvalue weighted by atomic mass is 16.2. The standard InChI is InChI=1S/C23H37N3O2/c1-16(2)20(17-8-10-19(11-9-17)23(3,4)5)24-21(27)18-12-14-26(15-13-18)22(28)25(6)7/h8-11,16,18,20H,12-15H2,1-7H3,(H,24,27). The Hall–Kier alpha value is -2.04. The lowest BCUT2D eigenvalue weighted by Gasteiger charge is -2.34. The Bertz CT molecular complexity index is 666. The number of amides is 3. The molecule has 1 N–H and O–H groups in total. The van der Waals surface area contributed by atoms with Crippen LogP contribution in [0.15, 0.2) is 24.3 Å². The topological polar surface area (TPSA) is 52.7 Å². The van der Waals surface area contributed by atoms with E-state index >= 15 is 0 Å². The van der Waals surface area contributed by atoms with Crippen LogP contribution in [0, 0.1) is 11.8 Å². The van der Waals surface area contributed by atoms with Crippen LogP contribution in [0.2, 0.25) is 0 Å². The predicted molar refractivity (Wildman–Crippen MR) is 114 cm³/mol. The number of carbonyl (C=O) groups is 2. The zero-order valence-corrected chi connectivity index (χ0v) is 18.6. The molecule has 1 fully saturated rings. The minimum atomic E-state index is -0.0266. The first-order valence-electron chi connectivity index (χ1n) is 10.4. The molecule has 1 saturated heterocycles. The van der Waals surface area contributed by atoms with Gasteiger partial charge in [0.1, 0.15) is 0 Å². The Morgan fingerprint density at radius 1 is 1.07 bits per heavy atom. The summed E-state index contributed by atoms with van der Waals surface area (Å²) in [5.41, 5.74) is 2.56. The molecular formula is C23H37N3O2. The zero-order chi connectivity index (χ0) is 21.1. The molecule has 1 aromatic rings. The van der Waals surface area contributed by atoms with E-state index in [1.165, 1.54) is 5.56 Å². The Morgan fingerprint density at radius 2 is 1.61 bits per heavy atom. The monoisotopic (exact) mass is 387 g/mol. The first-order valence-corrected chi connectivity index (χ1v) is 10.4. The summed E-state index contributed by atoms with van der Waals surface area (Å²) in [6.07, 6.45) is 1.44. The zero-order valence-electron chi connectivity index (χ0n) is 18.6. The molecule has 1 heterocycles. The summed E-state index contributed by atoms with van der Waals surface area (Å²) in [6.45, 7) is 12.2. The SMILES string of the molecule is CC(C)C(NC(=O)C1CCN(C(=O)N(C)C)CC1)c1ccc(C(C)(C)C)cc1. The Balaban J connectivity index is 2.01. The number of benzene rings is 1. The molecule has 5 nitrogen and oxygen atoms in total. The maximum Gasteiger partial charge on any atom is 0.319 e. The van der Waals surface area contributed by atoms with Crippen molar-refractivity contribution in [3.8, 4) is 0 Å². The Morgan fingerprint density at radius 3 is 2.04 bits per heavy atom. The number of carbonyl (C=O) groups excluding carboxylic acids is 2. The first kappa shape index (κ1) is 22.3. The number of nitrogens with one attached hydrogen (secondary N) is 1. The lowest BCUT2D eigenvalue weighted by molar-refractivity contribution is -0.127. The van der Waals surface area contributed by atoms with Gasteiger partial charge in [0, 0.05) is 33.1 Å². The third-order valence-corrected chi connectivity index (χ3v) is 5.62. The number of piperidine rings is 1. The fourth-order valence-electron chi connectivity index (χ4n) is 3.71. The highest BCUT2D eigenvalue weighted by molar-refractivity contribution is 5.80. The number of rotatable bonds is 4. The largest absolute Gasteiger partial charge is 0.349 e. The van der Waals surface area contributed by atoms with Crippen LogP contribution in [-0.4, -0.2) is 48.9 Å². The van der Waals surface area contributed by atoms with Crippen LogP contribution in [0.25, 0.3) is 0 Å². The Labute approximate surface area is 170 Å². The van der Waals surface area contributed by atoms with Crippen LogP contribution >= 0.6 is 0 Å². The summed E-state index contributed by atoms with van der Waals surface area (Å²) in [5.74, 6) is 0.386. The van der Waals surface area contributed by atoms with Crippen molar-refractivity contribution in [3.05, 3.63) is 35.4 Å². The van der Waals surface area contributed by atoms with Gasteiger partial charge in [-0.2, -0.15) is 0 Å². The lowest BCUT2D eigenvalue weighted by atomic mass is 9.85. The average molecular weight is 388 g/mol. The van der Waals surface area contributed by atoms with E-state index in [4.69, 9.17) is 0 Å².